The van der Waals surface area contributed by atoms with Gasteiger partial charge >= 0.3 is 0 Å². The van der Waals surface area contributed by atoms with Gasteiger partial charge in [0.25, 0.3) is 10.0 Å². The Morgan fingerprint density at radius 2 is 1.67 bits per heavy atom. The third-order valence-electron chi connectivity index (χ3n) is 3.52. The van der Waals surface area contributed by atoms with Gasteiger partial charge in [-0.1, -0.05) is 37.3 Å². The van der Waals surface area contributed by atoms with E-state index in [4.69, 9.17) is 5.73 Å². The first-order valence-corrected chi connectivity index (χ1v) is 8.31. The summed E-state index contributed by atoms with van der Waals surface area (Å²) in [5.74, 6) is 0. The number of nitrogens with one attached hydrogen (secondary N) is 1. The first-order chi connectivity index (χ1) is 9.86. The van der Waals surface area contributed by atoms with Crippen LogP contribution in [-0.2, 0) is 16.4 Å². The van der Waals surface area contributed by atoms with Crippen LogP contribution in [0.2, 0.25) is 0 Å². The summed E-state index contributed by atoms with van der Waals surface area (Å²) in [6, 6.07) is 11.0. The molecule has 0 aliphatic rings. The predicted molar refractivity (Wildman–Crippen MR) is 87.0 cm³/mol. The number of benzene rings is 2. The lowest BCUT2D eigenvalue weighted by molar-refractivity contribution is 0.601. The molecule has 3 N–H and O–H groups in total. The highest BCUT2D eigenvalue weighted by atomic mass is 32.2. The molecule has 0 atom stereocenters. The Kier molecular flexibility index (Phi) is 4.23. The summed E-state index contributed by atoms with van der Waals surface area (Å²) in [6.07, 6.45) is 0.751. The summed E-state index contributed by atoms with van der Waals surface area (Å²) in [6.45, 7) is 5.53. The van der Waals surface area contributed by atoms with E-state index in [2.05, 4.69) is 4.72 Å². The van der Waals surface area contributed by atoms with Crippen LogP contribution in [0.5, 0.6) is 0 Å². The summed E-state index contributed by atoms with van der Waals surface area (Å²) in [5, 5.41) is 0. The highest BCUT2D eigenvalue weighted by Crippen LogP contribution is 2.28. The van der Waals surface area contributed by atoms with Crippen LogP contribution in [0.15, 0.2) is 41.3 Å². The second-order valence-corrected chi connectivity index (χ2v) is 6.68. The van der Waals surface area contributed by atoms with Gasteiger partial charge in [-0.2, -0.15) is 0 Å². The number of nitrogens with two attached hydrogens (primary N) is 1. The Hall–Kier alpha value is -2.01. The molecular formula is C16H20N2O2S. The van der Waals surface area contributed by atoms with Crippen molar-refractivity contribution in [3.63, 3.8) is 0 Å². The number of nitrogen functional groups attached to an aromatic ring is 1. The van der Waals surface area contributed by atoms with Crippen molar-refractivity contribution in [3.8, 4) is 0 Å². The standard InChI is InChI=1S/C16H20N2O2S/c1-4-13-7-5-6-8-14(13)18-21(19,20)16-12(3)10-9-11(2)15(16)17/h5-10,18H,4,17H2,1-3H3. The van der Waals surface area contributed by atoms with Gasteiger partial charge in [0.2, 0.25) is 0 Å². The maximum Gasteiger partial charge on any atom is 0.264 e. The van der Waals surface area contributed by atoms with Gasteiger partial charge in [-0.05, 0) is 43.0 Å². The van der Waals surface area contributed by atoms with Crippen LogP contribution in [0.1, 0.15) is 23.6 Å². The summed E-state index contributed by atoms with van der Waals surface area (Å²) in [7, 11) is -3.70. The monoisotopic (exact) mass is 304 g/mol. The van der Waals surface area contributed by atoms with Crippen molar-refractivity contribution < 1.29 is 8.42 Å². The van der Waals surface area contributed by atoms with Crippen LogP contribution in [0.25, 0.3) is 0 Å². The second-order valence-electron chi connectivity index (χ2n) is 5.06. The number of para-hydroxylation sites is 1. The van der Waals surface area contributed by atoms with E-state index in [9.17, 15) is 8.42 Å². The minimum atomic E-state index is -3.70. The molecule has 0 aliphatic carbocycles. The van der Waals surface area contributed by atoms with E-state index in [1.807, 2.05) is 31.2 Å². The van der Waals surface area contributed by atoms with E-state index in [-0.39, 0.29) is 4.90 Å². The smallest absolute Gasteiger partial charge is 0.264 e. The average molecular weight is 304 g/mol. The molecule has 0 aliphatic heterocycles. The van der Waals surface area contributed by atoms with Gasteiger partial charge in [0.15, 0.2) is 0 Å². The molecule has 0 radical (unpaired) electrons. The fourth-order valence-electron chi connectivity index (χ4n) is 2.29. The highest BCUT2D eigenvalue weighted by Gasteiger charge is 2.22. The van der Waals surface area contributed by atoms with Crippen molar-refractivity contribution in [1.82, 2.24) is 0 Å². The van der Waals surface area contributed by atoms with Gasteiger partial charge in [0, 0.05) is 0 Å². The number of aryl methyl sites for hydroxylation is 3. The molecule has 0 fully saturated rings. The molecule has 0 spiro atoms. The van der Waals surface area contributed by atoms with Gasteiger partial charge in [0.05, 0.1) is 11.4 Å². The van der Waals surface area contributed by atoms with Crippen LogP contribution in [0.3, 0.4) is 0 Å². The number of sulfonamides is 1. The van der Waals surface area contributed by atoms with Gasteiger partial charge in [-0.15, -0.1) is 0 Å². The van der Waals surface area contributed by atoms with E-state index in [1.165, 1.54) is 0 Å². The Morgan fingerprint density at radius 3 is 2.33 bits per heavy atom. The molecule has 0 unspecified atom stereocenters. The van der Waals surface area contributed by atoms with E-state index in [0.29, 0.717) is 16.9 Å². The van der Waals surface area contributed by atoms with Gasteiger partial charge < -0.3 is 5.73 Å². The highest BCUT2D eigenvalue weighted by molar-refractivity contribution is 7.93. The largest absolute Gasteiger partial charge is 0.397 e. The average Bonchev–Trinajstić information content (AvgIpc) is 2.43. The summed E-state index contributed by atoms with van der Waals surface area (Å²) in [5.41, 5.74) is 9.22. The zero-order chi connectivity index (χ0) is 15.6. The Morgan fingerprint density at radius 1 is 1.05 bits per heavy atom. The van der Waals surface area contributed by atoms with Crippen molar-refractivity contribution in [2.45, 2.75) is 32.1 Å². The zero-order valence-electron chi connectivity index (χ0n) is 12.5. The normalized spacial score (nSPS) is 11.4. The van der Waals surface area contributed by atoms with Crippen molar-refractivity contribution in [2.24, 2.45) is 0 Å². The molecule has 0 heterocycles. The van der Waals surface area contributed by atoms with Crippen LogP contribution < -0.4 is 10.5 Å². The molecule has 2 aromatic carbocycles. The molecule has 0 saturated carbocycles. The van der Waals surface area contributed by atoms with Gasteiger partial charge in [-0.3, -0.25) is 4.72 Å². The quantitative estimate of drug-likeness (QED) is 0.852. The lowest BCUT2D eigenvalue weighted by atomic mass is 10.1. The maximum atomic E-state index is 12.7. The molecule has 2 rings (SSSR count). The molecule has 0 saturated heterocycles. The number of hydrogen-bond acceptors (Lipinski definition) is 3. The summed E-state index contributed by atoms with van der Waals surface area (Å²) in [4.78, 5) is 0.161. The Balaban J connectivity index is 2.51. The maximum absolute atomic E-state index is 12.7. The molecule has 0 amide bonds. The van der Waals surface area contributed by atoms with Crippen molar-refractivity contribution >= 4 is 21.4 Å². The van der Waals surface area contributed by atoms with Crippen LogP contribution in [-0.4, -0.2) is 8.42 Å². The fourth-order valence-corrected chi connectivity index (χ4v) is 3.82. The van der Waals surface area contributed by atoms with Gasteiger partial charge in [0.1, 0.15) is 4.90 Å². The molecule has 112 valence electrons. The summed E-state index contributed by atoms with van der Waals surface area (Å²) < 4.78 is 28.0. The van der Waals surface area contributed by atoms with Crippen molar-refractivity contribution in [1.29, 1.82) is 0 Å². The first kappa shape index (κ1) is 15.4. The number of hydrogen-bond donors (Lipinski definition) is 2. The molecule has 21 heavy (non-hydrogen) atoms. The van der Waals surface area contributed by atoms with Crippen LogP contribution in [0, 0.1) is 13.8 Å². The van der Waals surface area contributed by atoms with E-state index < -0.39 is 10.0 Å². The molecule has 5 heteroatoms. The Labute approximate surface area is 126 Å². The van der Waals surface area contributed by atoms with E-state index in [0.717, 1.165) is 17.5 Å². The molecular weight excluding hydrogens is 284 g/mol. The fraction of sp³-hybridized carbons (Fsp3) is 0.250. The van der Waals surface area contributed by atoms with Crippen molar-refractivity contribution in [2.75, 3.05) is 10.5 Å². The second kappa shape index (κ2) is 5.77. The lowest BCUT2D eigenvalue weighted by Gasteiger charge is -2.16. The minimum Gasteiger partial charge on any atom is -0.397 e. The Bertz CT molecular complexity index is 768. The van der Waals surface area contributed by atoms with Gasteiger partial charge in [-0.25, -0.2) is 8.42 Å². The number of anilines is 2. The van der Waals surface area contributed by atoms with E-state index >= 15 is 0 Å². The third-order valence-corrected chi connectivity index (χ3v) is 5.09. The minimum absolute atomic E-state index is 0.161. The summed E-state index contributed by atoms with van der Waals surface area (Å²) >= 11 is 0. The van der Waals surface area contributed by atoms with E-state index in [1.54, 1.807) is 26.0 Å². The zero-order valence-corrected chi connectivity index (χ0v) is 13.3. The van der Waals surface area contributed by atoms with Crippen LogP contribution >= 0.6 is 0 Å². The third kappa shape index (κ3) is 3.03. The molecule has 0 bridgehead atoms. The molecule has 2 aromatic rings. The molecule has 0 aromatic heterocycles. The van der Waals surface area contributed by atoms with Crippen LogP contribution in [0.4, 0.5) is 11.4 Å². The lowest BCUT2D eigenvalue weighted by Crippen LogP contribution is -2.17. The number of rotatable bonds is 4. The topological polar surface area (TPSA) is 72.2 Å². The first-order valence-electron chi connectivity index (χ1n) is 6.83. The molecule has 4 nitrogen and oxygen atoms in total. The van der Waals surface area contributed by atoms with Crippen molar-refractivity contribution in [3.05, 3.63) is 53.1 Å². The SMILES string of the molecule is CCc1ccccc1NS(=O)(=O)c1c(C)ccc(C)c1N. The predicted octanol–water partition coefficient (Wildman–Crippen LogP) is 3.25.